The van der Waals surface area contributed by atoms with Gasteiger partial charge in [0, 0.05) is 25.4 Å². The molecule has 0 atom stereocenters. The second-order valence-electron chi connectivity index (χ2n) is 6.47. The van der Waals surface area contributed by atoms with Crippen molar-refractivity contribution in [1.82, 2.24) is 15.1 Å². The normalized spacial score (nSPS) is 10.4. The van der Waals surface area contributed by atoms with Gasteiger partial charge in [-0.25, -0.2) is 0 Å². The summed E-state index contributed by atoms with van der Waals surface area (Å²) in [4.78, 5) is 36.5. The third-order valence-electron chi connectivity index (χ3n) is 4.24. The van der Waals surface area contributed by atoms with Crippen LogP contribution >= 0.6 is 0 Å². The summed E-state index contributed by atoms with van der Waals surface area (Å²) >= 11 is 0. The van der Waals surface area contributed by atoms with E-state index in [4.69, 9.17) is 4.74 Å². The summed E-state index contributed by atoms with van der Waals surface area (Å²) in [5, 5.41) is 9.66. The molecule has 8 nitrogen and oxygen atoms in total. The molecule has 0 saturated carbocycles. The van der Waals surface area contributed by atoms with Crippen LogP contribution < -0.4 is 16.2 Å². The van der Waals surface area contributed by atoms with Gasteiger partial charge < -0.3 is 15.4 Å². The van der Waals surface area contributed by atoms with Gasteiger partial charge in [0.15, 0.2) is 0 Å². The maximum atomic E-state index is 12.6. The molecule has 3 rings (SSSR count). The van der Waals surface area contributed by atoms with E-state index in [2.05, 4.69) is 15.7 Å². The van der Waals surface area contributed by atoms with Gasteiger partial charge in [0.2, 0.25) is 5.91 Å². The van der Waals surface area contributed by atoms with E-state index < -0.39 is 5.91 Å². The zero-order chi connectivity index (χ0) is 21.3. The zero-order valence-corrected chi connectivity index (χ0v) is 16.5. The highest BCUT2D eigenvalue weighted by Gasteiger charge is 2.11. The molecule has 0 bridgehead atoms. The molecule has 2 amide bonds. The quantitative estimate of drug-likeness (QED) is 0.556. The van der Waals surface area contributed by atoms with Gasteiger partial charge in [0.05, 0.1) is 18.7 Å². The molecule has 0 aliphatic heterocycles. The van der Waals surface area contributed by atoms with Crippen molar-refractivity contribution in [3.63, 3.8) is 0 Å². The Kier molecular flexibility index (Phi) is 7.07. The number of ether oxygens (including phenoxy) is 1. The smallest absolute Gasteiger partial charge is 0.276 e. The first-order chi connectivity index (χ1) is 14.6. The molecule has 2 N–H and O–H groups in total. The Hall–Kier alpha value is -3.78. The van der Waals surface area contributed by atoms with E-state index in [1.807, 2.05) is 6.07 Å². The number of nitrogens with zero attached hydrogens (tertiary/aromatic N) is 2. The monoisotopic (exact) mass is 406 g/mol. The summed E-state index contributed by atoms with van der Waals surface area (Å²) < 4.78 is 6.07. The van der Waals surface area contributed by atoms with Gasteiger partial charge in [0.1, 0.15) is 5.69 Å². The lowest BCUT2D eigenvalue weighted by Crippen LogP contribution is -2.28. The van der Waals surface area contributed by atoms with Crippen molar-refractivity contribution in [2.45, 2.75) is 6.42 Å². The minimum atomic E-state index is -0.440. The second-order valence-corrected chi connectivity index (χ2v) is 6.47. The number of hydrogen-bond acceptors (Lipinski definition) is 5. The fourth-order valence-corrected chi connectivity index (χ4v) is 2.73. The molecule has 0 aliphatic carbocycles. The average molecular weight is 406 g/mol. The van der Waals surface area contributed by atoms with E-state index in [1.165, 1.54) is 16.8 Å². The van der Waals surface area contributed by atoms with Crippen LogP contribution in [0.2, 0.25) is 0 Å². The number of methoxy groups -OCH3 is 1. The summed E-state index contributed by atoms with van der Waals surface area (Å²) in [5.74, 6) is -0.541. The maximum Gasteiger partial charge on any atom is 0.276 e. The lowest BCUT2D eigenvalue weighted by Gasteiger charge is -2.09. The Morgan fingerprint density at radius 2 is 1.73 bits per heavy atom. The fourth-order valence-electron chi connectivity index (χ4n) is 2.73. The van der Waals surface area contributed by atoms with E-state index in [0.717, 1.165) is 5.56 Å². The van der Waals surface area contributed by atoms with Crippen molar-refractivity contribution in [2.75, 3.05) is 25.6 Å². The SMILES string of the molecule is COCCNC(=O)Cc1ccc(NC(=O)c2ccc(=O)n(-c3ccccc3)n2)cc1. The topological polar surface area (TPSA) is 102 Å². The molecule has 0 radical (unpaired) electrons. The molecule has 0 unspecified atom stereocenters. The molecule has 0 fully saturated rings. The molecule has 30 heavy (non-hydrogen) atoms. The molecule has 0 aliphatic rings. The van der Waals surface area contributed by atoms with E-state index in [1.54, 1.807) is 55.6 Å². The van der Waals surface area contributed by atoms with Crippen LogP contribution in [0.4, 0.5) is 5.69 Å². The Morgan fingerprint density at radius 1 is 1.00 bits per heavy atom. The van der Waals surface area contributed by atoms with Crippen LogP contribution in [0.15, 0.2) is 71.5 Å². The summed E-state index contributed by atoms with van der Waals surface area (Å²) in [7, 11) is 1.57. The lowest BCUT2D eigenvalue weighted by atomic mass is 10.1. The summed E-state index contributed by atoms with van der Waals surface area (Å²) in [6.45, 7) is 0.921. The number of rotatable bonds is 8. The number of carbonyl (C=O) groups excluding carboxylic acids is 2. The number of benzene rings is 2. The van der Waals surface area contributed by atoms with Crippen LogP contribution in [0, 0.1) is 0 Å². The highest BCUT2D eigenvalue weighted by Crippen LogP contribution is 2.11. The van der Waals surface area contributed by atoms with E-state index in [0.29, 0.717) is 24.5 Å². The maximum absolute atomic E-state index is 12.6. The number of aromatic nitrogens is 2. The van der Waals surface area contributed by atoms with Crippen molar-refractivity contribution in [2.24, 2.45) is 0 Å². The third-order valence-corrected chi connectivity index (χ3v) is 4.24. The molecule has 1 heterocycles. The van der Waals surface area contributed by atoms with Crippen LogP contribution in [0.5, 0.6) is 0 Å². The van der Waals surface area contributed by atoms with Crippen molar-refractivity contribution in [3.8, 4) is 5.69 Å². The number of hydrogen-bond donors (Lipinski definition) is 2. The molecular formula is C22H22N4O4. The first-order valence-electron chi connectivity index (χ1n) is 9.38. The van der Waals surface area contributed by atoms with Gasteiger partial charge >= 0.3 is 0 Å². The Balaban J connectivity index is 1.65. The van der Waals surface area contributed by atoms with Crippen molar-refractivity contribution < 1.29 is 14.3 Å². The molecule has 1 aromatic heterocycles. The van der Waals surface area contributed by atoms with Gasteiger partial charge in [-0.2, -0.15) is 9.78 Å². The zero-order valence-electron chi connectivity index (χ0n) is 16.5. The number of para-hydroxylation sites is 1. The highest BCUT2D eigenvalue weighted by atomic mass is 16.5. The van der Waals surface area contributed by atoms with Crippen molar-refractivity contribution in [1.29, 1.82) is 0 Å². The van der Waals surface area contributed by atoms with Crippen molar-refractivity contribution >= 4 is 17.5 Å². The molecule has 0 spiro atoms. The van der Waals surface area contributed by atoms with Crippen LogP contribution in [0.25, 0.3) is 5.69 Å². The minimum absolute atomic E-state index is 0.101. The Morgan fingerprint density at radius 3 is 2.43 bits per heavy atom. The third kappa shape index (κ3) is 5.62. The molecule has 0 saturated heterocycles. The number of carbonyl (C=O) groups is 2. The molecule has 8 heteroatoms. The predicted molar refractivity (Wildman–Crippen MR) is 113 cm³/mol. The van der Waals surface area contributed by atoms with E-state index in [9.17, 15) is 14.4 Å². The van der Waals surface area contributed by atoms with Gasteiger partial charge in [-0.1, -0.05) is 30.3 Å². The largest absolute Gasteiger partial charge is 0.383 e. The number of nitrogens with one attached hydrogen (secondary N) is 2. The number of anilines is 1. The Bertz CT molecular complexity index is 1060. The summed E-state index contributed by atoms with van der Waals surface area (Å²) in [6, 6.07) is 18.5. The second kappa shape index (κ2) is 10.1. The van der Waals surface area contributed by atoms with Gasteiger partial charge in [-0.15, -0.1) is 0 Å². The first kappa shape index (κ1) is 20.9. The van der Waals surface area contributed by atoms with Gasteiger partial charge in [-0.3, -0.25) is 14.4 Å². The predicted octanol–water partition coefficient (Wildman–Crippen LogP) is 1.79. The van der Waals surface area contributed by atoms with Crippen LogP contribution in [0.3, 0.4) is 0 Å². The average Bonchev–Trinajstić information content (AvgIpc) is 2.76. The highest BCUT2D eigenvalue weighted by molar-refractivity contribution is 6.02. The van der Waals surface area contributed by atoms with Gasteiger partial charge in [-0.05, 0) is 35.9 Å². The van der Waals surface area contributed by atoms with E-state index >= 15 is 0 Å². The van der Waals surface area contributed by atoms with Crippen LogP contribution in [-0.2, 0) is 16.0 Å². The molecule has 2 aromatic carbocycles. The van der Waals surface area contributed by atoms with Crippen LogP contribution in [0.1, 0.15) is 16.1 Å². The molecular weight excluding hydrogens is 384 g/mol. The summed E-state index contributed by atoms with van der Waals surface area (Å²) in [5.41, 5.74) is 1.73. The van der Waals surface area contributed by atoms with Gasteiger partial charge in [0.25, 0.3) is 11.5 Å². The van der Waals surface area contributed by atoms with E-state index in [-0.39, 0.29) is 23.6 Å². The first-order valence-corrected chi connectivity index (χ1v) is 9.38. The van der Waals surface area contributed by atoms with Crippen LogP contribution in [-0.4, -0.2) is 41.9 Å². The molecule has 154 valence electrons. The summed E-state index contributed by atoms with van der Waals surface area (Å²) in [6.07, 6.45) is 0.238. The lowest BCUT2D eigenvalue weighted by molar-refractivity contribution is -0.120. The van der Waals surface area contributed by atoms with Crippen molar-refractivity contribution in [3.05, 3.63) is 88.3 Å². The Labute approximate surface area is 173 Å². The minimum Gasteiger partial charge on any atom is -0.383 e. The number of amides is 2. The standard InChI is InChI=1S/C22H22N4O4/c1-30-14-13-23-20(27)15-16-7-9-17(10-8-16)24-22(29)19-11-12-21(28)26(25-19)18-5-3-2-4-6-18/h2-12H,13-15H2,1H3,(H,23,27)(H,24,29). The molecule has 3 aromatic rings. The fraction of sp³-hybridized carbons (Fsp3) is 0.182.